The van der Waals surface area contributed by atoms with Crippen molar-refractivity contribution in [1.29, 1.82) is 0 Å². The molecule has 1 aromatic rings. The Morgan fingerprint density at radius 1 is 1.28 bits per heavy atom. The number of hydrogen-bond donors (Lipinski definition) is 1. The molecule has 0 amide bonds. The van der Waals surface area contributed by atoms with Crippen LogP contribution in [0.15, 0.2) is 29.2 Å². The van der Waals surface area contributed by atoms with Gasteiger partial charge in [0, 0.05) is 17.5 Å². The van der Waals surface area contributed by atoms with E-state index in [9.17, 15) is 0 Å². The Balaban J connectivity index is 1.78. The average Bonchev–Trinajstić information content (AvgIpc) is 3.09. The molecule has 0 atom stereocenters. The topological polar surface area (TPSA) is 12.0 Å². The van der Waals surface area contributed by atoms with Crippen molar-refractivity contribution in [3.63, 3.8) is 0 Å². The van der Waals surface area contributed by atoms with Crippen molar-refractivity contribution in [3.8, 4) is 0 Å². The fraction of sp³-hybridized carbons (Fsp3) is 0.625. The fourth-order valence-corrected chi connectivity index (χ4v) is 3.13. The molecule has 0 unspecified atom stereocenters. The predicted octanol–water partition coefficient (Wildman–Crippen LogP) is 4.47. The van der Waals surface area contributed by atoms with Gasteiger partial charge in [-0.2, -0.15) is 0 Å². The zero-order valence-electron chi connectivity index (χ0n) is 11.8. The van der Waals surface area contributed by atoms with Crippen LogP contribution in [0.5, 0.6) is 0 Å². The van der Waals surface area contributed by atoms with Crippen LogP contribution < -0.4 is 5.32 Å². The maximum Gasteiger partial charge on any atom is 0.0208 e. The summed E-state index contributed by atoms with van der Waals surface area (Å²) < 4.78 is 0. The summed E-state index contributed by atoms with van der Waals surface area (Å²) in [6, 6.07) is 9.77. The zero-order chi connectivity index (χ0) is 13.0. The molecule has 1 aliphatic rings. The second-order valence-electron chi connectivity index (χ2n) is 6.46. The fourth-order valence-electron chi connectivity index (χ4n) is 1.77. The number of thioether (sulfide) groups is 1. The predicted molar refractivity (Wildman–Crippen MR) is 81.1 cm³/mol. The van der Waals surface area contributed by atoms with E-state index < -0.39 is 0 Å². The lowest BCUT2D eigenvalue weighted by molar-refractivity contribution is 0.401. The molecule has 1 N–H and O–H groups in total. The number of hydrogen-bond acceptors (Lipinski definition) is 2. The molecule has 2 rings (SSSR count). The highest BCUT2D eigenvalue weighted by Crippen LogP contribution is 2.26. The van der Waals surface area contributed by atoms with E-state index in [1.807, 2.05) is 11.8 Å². The maximum atomic E-state index is 3.57. The van der Waals surface area contributed by atoms with Crippen LogP contribution in [0, 0.1) is 5.41 Å². The van der Waals surface area contributed by atoms with E-state index in [-0.39, 0.29) is 0 Å². The molecule has 0 radical (unpaired) electrons. The molecule has 1 aromatic carbocycles. The van der Waals surface area contributed by atoms with Crippen LogP contribution in [0.2, 0.25) is 0 Å². The third kappa shape index (κ3) is 5.45. The molecule has 0 heterocycles. The quantitative estimate of drug-likeness (QED) is 0.760. The number of benzene rings is 1. The van der Waals surface area contributed by atoms with Gasteiger partial charge in [0.2, 0.25) is 0 Å². The van der Waals surface area contributed by atoms with Crippen LogP contribution in [-0.2, 0) is 6.54 Å². The standard InChI is InChI=1S/C16H25NS/c1-16(2,3)9-10-18-15-6-4-5-13(11-15)12-17-14-7-8-14/h4-6,11,14,17H,7-10,12H2,1-3H3. The van der Waals surface area contributed by atoms with E-state index in [1.54, 1.807) is 0 Å². The van der Waals surface area contributed by atoms with Gasteiger partial charge in [-0.15, -0.1) is 11.8 Å². The third-order valence-corrected chi connectivity index (χ3v) is 4.19. The molecule has 0 aromatic heterocycles. The summed E-state index contributed by atoms with van der Waals surface area (Å²) in [7, 11) is 0. The Hall–Kier alpha value is -0.470. The van der Waals surface area contributed by atoms with Gasteiger partial charge in [0.25, 0.3) is 0 Å². The number of rotatable bonds is 6. The van der Waals surface area contributed by atoms with E-state index in [0.717, 1.165) is 12.6 Å². The average molecular weight is 263 g/mol. The van der Waals surface area contributed by atoms with Crippen LogP contribution in [0.4, 0.5) is 0 Å². The summed E-state index contributed by atoms with van der Waals surface area (Å²) in [4.78, 5) is 1.41. The molecule has 18 heavy (non-hydrogen) atoms. The summed E-state index contributed by atoms with van der Waals surface area (Å²) in [5, 5.41) is 3.57. The van der Waals surface area contributed by atoms with E-state index in [2.05, 4.69) is 50.4 Å². The van der Waals surface area contributed by atoms with Gasteiger partial charge in [0.05, 0.1) is 0 Å². The second-order valence-corrected chi connectivity index (χ2v) is 7.63. The Labute approximate surface area is 116 Å². The minimum Gasteiger partial charge on any atom is -0.310 e. The van der Waals surface area contributed by atoms with Gasteiger partial charge in [-0.1, -0.05) is 32.9 Å². The van der Waals surface area contributed by atoms with Crippen LogP contribution >= 0.6 is 11.8 Å². The van der Waals surface area contributed by atoms with Crippen LogP contribution in [0.1, 0.15) is 45.6 Å². The SMILES string of the molecule is CC(C)(C)CCSc1cccc(CNC2CC2)c1. The molecule has 1 saturated carbocycles. The molecule has 1 fully saturated rings. The largest absolute Gasteiger partial charge is 0.310 e. The van der Waals surface area contributed by atoms with Gasteiger partial charge in [0.15, 0.2) is 0 Å². The first-order valence-electron chi connectivity index (χ1n) is 6.98. The Kier molecular flexibility index (Phi) is 4.74. The van der Waals surface area contributed by atoms with E-state index >= 15 is 0 Å². The molecule has 0 spiro atoms. The lowest BCUT2D eigenvalue weighted by Crippen LogP contribution is -2.15. The monoisotopic (exact) mass is 263 g/mol. The highest BCUT2D eigenvalue weighted by Gasteiger charge is 2.19. The van der Waals surface area contributed by atoms with Crippen molar-refractivity contribution in [2.75, 3.05) is 5.75 Å². The summed E-state index contributed by atoms with van der Waals surface area (Å²) in [5.41, 5.74) is 1.86. The molecular weight excluding hydrogens is 238 g/mol. The molecule has 0 bridgehead atoms. The van der Waals surface area contributed by atoms with Gasteiger partial charge in [-0.3, -0.25) is 0 Å². The van der Waals surface area contributed by atoms with Crippen LogP contribution in [0.3, 0.4) is 0 Å². The van der Waals surface area contributed by atoms with Crippen molar-refractivity contribution in [1.82, 2.24) is 5.32 Å². The lowest BCUT2D eigenvalue weighted by Gasteiger charge is -2.17. The Morgan fingerprint density at radius 3 is 2.72 bits per heavy atom. The van der Waals surface area contributed by atoms with Crippen molar-refractivity contribution in [2.45, 2.75) is 57.5 Å². The van der Waals surface area contributed by atoms with Gasteiger partial charge in [-0.25, -0.2) is 0 Å². The van der Waals surface area contributed by atoms with Gasteiger partial charge in [-0.05, 0) is 48.1 Å². The molecule has 1 aliphatic carbocycles. The molecule has 0 saturated heterocycles. The van der Waals surface area contributed by atoms with Crippen molar-refractivity contribution in [2.24, 2.45) is 5.41 Å². The summed E-state index contributed by atoms with van der Waals surface area (Å²) in [6.07, 6.45) is 3.99. The van der Waals surface area contributed by atoms with Crippen LogP contribution in [0.25, 0.3) is 0 Å². The van der Waals surface area contributed by atoms with Crippen molar-refractivity contribution < 1.29 is 0 Å². The molecular formula is C16H25NS. The lowest BCUT2D eigenvalue weighted by atomic mass is 9.94. The van der Waals surface area contributed by atoms with Gasteiger partial charge < -0.3 is 5.32 Å². The van der Waals surface area contributed by atoms with Gasteiger partial charge >= 0.3 is 0 Å². The minimum atomic E-state index is 0.443. The van der Waals surface area contributed by atoms with E-state index in [0.29, 0.717) is 5.41 Å². The number of nitrogens with one attached hydrogen (secondary N) is 1. The zero-order valence-corrected chi connectivity index (χ0v) is 12.6. The molecule has 1 nitrogen and oxygen atoms in total. The summed E-state index contributed by atoms with van der Waals surface area (Å²) >= 11 is 1.98. The first-order chi connectivity index (χ1) is 8.53. The van der Waals surface area contributed by atoms with Crippen molar-refractivity contribution >= 4 is 11.8 Å². The van der Waals surface area contributed by atoms with Crippen molar-refractivity contribution in [3.05, 3.63) is 29.8 Å². The minimum absolute atomic E-state index is 0.443. The normalized spacial score (nSPS) is 15.9. The summed E-state index contributed by atoms with van der Waals surface area (Å²) in [5.74, 6) is 1.21. The first kappa shape index (κ1) is 14.0. The smallest absolute Gasteiger partial charge is 0.0208 e. The van der Waals surface area contributed by atoms with Crippen LogP contribution in [-0.4, -0.2) is 11.8 Å². The third-order valence-electron chi connectivity index (χ3n) is 3.19. The summed E-state index contributed by atoms with van der Waals surface area (Å²) in [6.45, 7) is 7.95. The first-order valence-corrected chi connectivity index (χ1v) is 7.97. The Morgan fingerprint density at radius 2 is 2.06 bits per heavy atom. The van der Waals surface area contributed by atoms with Gasteiger partial charge in [0.1, 0.15) is 0 Å². The maximum absolute atomic E-state index is 3.57. The molecule has 2 heteroatoms. The van der Waals surface area contributed by atoms with E-state index in [1.165, 1.54) is 35.5 Å². The second kappa shape index (κ2) is 6.12. The highest BCUT2D eigenvalue weighted by molar-refractivity contribution is 7.99. The highest BCUT2D eigenvalue weighted by atomic mass is 32.2. The molecule has 100 valence electrons. The Bertz CT molecular complexity index is 377. The molecule has 0 aliphatic heterocycles. The van der Waals surface area contributed by atoms with E-state index in [4.69, 9.17) is 0 Å².